The van der Waals surface area contributed by atoms with Crippen LogP contribution in [0.1, 0.15) is 11.1 Å². The normalized spacial score (nSPS) is 9.83. The summed E-state index contributed by atoms with van der Waals surface area (Å²) in [6, 6.07) is 12.8. The van der Waals surface area contributed by atoms with Crippen molar-refractivity contribution in [3.05, 3.63) is 47.5 Å². The molecule has 3 heteroatoms. The molecule has 0 spiro atoms. The molecule has 0 fully saturated rings. The van der Waals surface area contributed by atoms with E-state index in [9.17, 15) is 5.11 Å². The third kappa shape index (κ3) is 2.14. The van der Waals surface area contributed by atoms with Crippen LogP contribution in [0, 0.1) is 18.3 Å². The topological polar surface area (TPSA) is 53.2 Å². The van der Waals surface area contributed by atoms with Crippen molar-refractivity contribution in [2.45, 2.75) is 6.92 Å². The first-order valence-electron chi connectivity index (χ1n) is 5.54. The highest BCUT2D eigenvalue weighted by atomic mass is 16.5. The van der Waals surface area contributed by atoms with Gasteiger partial charge in [-0.15, -0.1) is 0 Å². The van der Waals surface area contributed by atoms with E-state index in [4.69, 9.17) is 10.00 Å². The molecule has 0 saturated carbocycles. The molecule has 0 radical (unpaired) electrons. The van der Waals surface area contributed by atoms with E-state index in [-0.39, 0.29) is 11.3 Å². The number of phenolic OH excluding ortho intramolecular Hbond substituents is 1. The van der Waals surface area contributed by atoms with Crippen LogP contribution < -0.4 is 4.74 Å². The van der Waals surface area contributed by atoms with Crippen LogP contribution in [0.25, 0.3) is 11.1 Å². The second kappa shape index (κ2) is 4.80. The molecule has 0 saturated heterocycles. The van der Waals surface area contributed by atoms with Crippen LogP contribution >= 0.6 is 0 Å². The third-order valence-electron chi connectivity index (χ3n) is 2.78. The van der Waals surface area contributed by atoms with Crippen LogP contribution in [0.15, 0.2) is 36.4 Å². The molecule has 0 aromatic heterocycles. The van der Waals surface area contributed by atoms with Gasteiger partial charge < -0.3 is 9.84 Å². The Bertz CT molecular complexity index is 627. The van der Waals surface area contributed by atoms with Gasteiger partial charge in [0, 0.05) is 5.56 Å². The Balaban J connectivity index is 2.62. The predicted molar refractivity (Wildman–Crippen MR) is 69.5 cm³/mol. The number of hydrogen-bond acceptors (Lipinski definition) is 3. The average molecular weight is 239 g/mol. The molecule has 1 N–H and O–H groups in total. The molecular weight excluding hydrogens is 226 g/mol. The number of nitrogens with zero attached hydrogens (tertiary/aromatic N) is 1. The molecule has 2 aromatic carbocycles. The molecule has 0 atom stereocenters. The summed E-state index contributed by atoms with van der Waals surface area (Å²) in [6.45, 7) is 1.99. The molecule has 0 amide bonds. The Morgan fingerprint density at radius 3 is 2.61 bits per heavy atom. The van der Waals surface area contributed by atoms with Crippen molar-refractivity contribution in [2.24, 2.45) is 0 Å². The van der Waals surface area contributed by atoms with E-state index in [1.54, 1.807) is 19.2 Å². The number of rotatable bonds is 2. The molecule has 0 aliphatic heterocycles. The maximum Gasteiger partial charge on any atom is 0.133 e. The van der Waals surface area contributed by atoms with Crippen molar-refractivity contribution < 1.29 is 9.84 Å². The fraction of sp³-hybridized carbons (Fsp3) is 0.133. The van der Waals surface area contributed by atoms with Crippen LogP contribution in [-0.4, -0.2) is 12.2 Å². The minimum Gasteiger partial charge on any atom is -0.507 e. The molecule has 0 aliphatic carbocycles. The smallest absolute Gasteiger partial charge is 0.133 e. The first kappa shape index (κ1) is 12.0. The highest BCUT2D eigenvalue weighted by molar-refractivity contribution is 5.73. The number of methoxy groups -OCH3 is 1. The van der Waals surface area contributed by atoms with Gasteiger partial charge in [0.25, 0.3) is 0 Å². The summed E-state index contributed by atoms with van der Waals surface area (Å²) in [5.41, 5.74) is 3.13. The predicted octanol–water partition coefficient (Wildman–Crippen LogP) is 3.25. The van der Waals surface area contributed by atoms with Gasteiger partial charge in [0.1, 0.15) is 17.6 Å². The molecule has 2 aromatic rings. The first-order chi connectivity index (χ1) is 8.65. The zero-order valence-corrected chi connectivity index (χ0v) is 10.3. The van der Waals surface area contributed by atoms with E-state index in [2.05, 4.69) is 0 Å². The van der Waals surface area contributed by atoms with Crippen molar-refractivity contribution in [2.75, 3.05) is 7.11 Å². The lowest BCUT2D eigenvalue weighted by atomic mass is 10.00. The van der Waals surface area contributed by atoms with Gasteiger partial charge in [-0.25, -0.2) is 0 Å². The molecule has 0 aliphatic rings. The number of ether oxygens (including phenoxy) is 1. The second-order valence-electron chi connectivity index (χ2n) is 4.05. The molecule has 2 rings (SSSR count). The van der Waals surface area contributed by atoms with E-state index in [1.165, 1.54) is 6.07 Å². The fourth-order valence-electron chi connectivity index (χ4n) is 1.84. The first-order valence-corrected chi connectivity index (χ1v) is 5.54. The lowest BCUT2D eigenvalue weighted by Gasteiger charge is -2.10. The van der Waals surface area contributed by atoms with Crippen molar-refractivity contribution in [3.8, 4) is 28.7 Å². The van der Waals surface area contributed by atoms with Gasteiger partial charge in [0.15, 0.2) is 0 Å². The molecule has 0 heterocycles. The van der Waals surface area contributed by atoms with Crippen LogP contribution in [0.2, 0.25) is 0 Å². The average Bonchev–Trinajstić information content (AvgIpc) is 2.39. The largest absolute Gasteiger partial charge is 0.507 e. The number of phenols is 1. The number of benzene rings is 2. The van der Waals surface area contributed by atoms with Gasteiger partial charge in [-0.3, -0.25) is 0 Å². The van der Waals surface area contributed by atoms with Gasteiger partial charge in [-0.1, -0.05) is 17.7 Å². The molecular formula is C15H13NO2. The van der Waals surface area contributed by atoms with E-state index in [0.717, 1.165) is 22.4 Å². The second-order valence-corrected chi connectivity index (χ2v) is 4.05. The van der Waals surface area contributed by atoms with Crippen LogP contribution in [0.5, 0.6) is 11.5 Å². The van der Waals surface area contributed by atoms with Crippen molar-refractivity contribution in [1.29, 1.82) is 5.26 Å². The fourth-order valence-corrected chi connectivity index (χ4v) is 1.84. The summed E-state index contributed by atoms with van der Waals surface area (Å²) < 4.78 is 5.31. The standard InChI is InChI=1S/C15H13NO2/c1-10-3-6-15(18-2)13(7-10)11-4-5-14(17)12(8-11)9-16/h3-8,17H,1-2H3. The van der Waals surface area contributed by atoms with Crippen molar-refractivity contribution in [3.63, 3.8) is 0 Å². The lowest BCUT2D eigenvalue weighted by molar-refractivity contribution is 0.416. The maximum atomic E-state index is 9.51. The number of hydrogen-bond donors (Lipinski definition) is 1. The zero-order chi connectivity index (χ0) is 13.1. The highest BCUT2D eigenvalue weighted by Crippen LogP contribution is 2.33. The summed E-state index contributed by atoms with van der Waals surface area (Å²) in [7, 11) is 1.61. The number of aromatic hydroxyl groups is 1. The van der Waals surface area contributed by atoms with Gasteiger partial charge in [0.05, 0.1) is 12.7 Å². The maximum absolute atomic E-state index is 9.51. The Hall–Kier alpha value is -2.47. The van der Waals surface area contributed by atoms with E-state index in [1.807, 2.05) is 31.2 Å². The SMILES string of the molecule is COc1ccc(C)cc1-c1ccc(O)c(C#N)c1. The molecule has 0 unspecified atom stereocenters. The Morgan fingerprint density at radius 2 is 1.94 bits per heavy atom. The molecule has 90 valence electrons. The summed E-state index contributed by atoms with van der Waals surface area (Å²) in [5.74, 6) is 0.739. The quantitative estimate of drug-likeness (QED) is 0.875. The summed E-state index contributed by atoms with van der Waals surface area (Å²) in [4.78, 5) is 0. The van der Waals surface area contributed by atoms with Crippen LogP contribution in [-0.2, 0) is 0 Å². The Labute approximate surface area is 106 Å². The Morgan fingerprint density at radius 1 is 1.17 bits per heavy atom. The Kier molecular flexibility index (Phi) is 3.20. The summed E-state index contributed by atoms with van der Waals surface area (Å²) in [6.07, 6.45) is 0. The zero-order valence-electron chi connectivity index (χ0n) is 10.3. The number of nitriles is 1. The van der Waals surface area contributed by atoms with Crippen LogP contribution in [0.3, 0.4) is 0 Å². The minimum atomic E-state index is -0.00660. The third-order valence-corrected chi connectivity index (χ3v) is 2.78. The van der Waals surface area contributed by atoms with Crippen molar-refractivity contribution >= 4 is 0 Å². The van der Waals surface area contributed by atoms with E-state index < -0.39 is 0 Å². The molecule has 0 bridgehead atoms. The van der Waals surface area contributed by atoms with E-state index >= 15 is 0 Å². The van der Waals surface area contributed by atoms with Gasteiger partial charge in [-0.05, 0) is 36.8 Å². The summed E-state index contributed by atoms with van der Waals surface area (Å²) in [5, 5.41) is 18.4. The van der Waals surface area contributed by atoms with Crippen molar-refractivity contribution in [1.82, 2.24) is 0 Å². The highest BCUT2D eigenvalue weighted by Gasteiger charge is 2.09. The minimum absolute atomic E-state index is 0.00660. The van der Waals surface area contributed by atoms with Gasteiger partial charge >= 0.3 is 0 Å². The monoisotopic (exact) mass is 239 g/mol. The summed E-state index contributed by atoms with van der Waals surface area (Å²) >= 11 is 0. The molecule has 18 heavy (non-hydrogen) atoms. The number of aryl methyl sites for hydroxylation is 1. The van der Waals surface area contributed by atoms with Crippen LogP contribution in [0.4, 0.5) is 0 Å². The lowest BCUT2D eigenvalue weighted by Crippen LogP contribution is -1.89. The van der Waals surface area contributed by atoms with Gasteiger partial charge in [-0.2, -0.15) is 5.26 Å². The van der Waals surface area contributed by atoms with E-state index in [0.29, 0.717) is 0 Å². The van der Waals surface area contributed by atoms with Gasteiger partial charge in [0.2, 0.25) is 0 Å². The molecule has 3 nitrogen and oxygen atoms in total.